The zero-order valence-corrected chi connectivity index (χ0v) is 19.4. The third-order valence-electron chi connectivity index (χ3n) is 5.66. The van der Waals surface area contributed by atoms with Gasteiger partial charge in [0.2, 0.25) is 11.8 Å². The molecular weight excluding hydrogens is 416 g/mol. The average molecular weight is 449 g/mol. The molecule has 0 atom stereocenters. The second-order valence-electron chi connectivity index (χ2n) is 8.09. The molecule has 0 bridgehead atoms. The van der Waals surface area contributed by atoms with Crippen molar-refractivity contribution >= 4 is 11.9 Å². The number of nitrogens with zero attached hydrogens (tertiary/aromatic N) is 6. The summed E-state index contributed by atoms with van der Waals surface area (Å²) in [4.78, 5) is 22.3. The normalized spacial score (nSPS) is 15.0. The van der Waals surface area contributed by atoms with Crippen LogP contribution in [0.3, 0.4) is 0 Å². The number of anilines is 1. The number of aromatic nitrogens is 3. The monoisotopic (exact) mass is 448 g/mol. The van der Waals surface area contributed by atoms with Gasteiger partial charge in [-0.25, -0.2) is 15.0 Å². The molecule has 9 heteroatoms. The molecule has 0 saturated carbocycles. The number of aliphatic imine (C=N–C) groups is 1. The maximum absolute atomic E-state index is 5.63. The summed E-state index contributed by atoms with van der Waals surface area (Å²) in [6.45, 7) is 8.51. The minimum Gasteiger partial charge on any atom is -0.444 e. The number of hydrogen-bond donors (Lipinski definition) is 2. The standard InChI is InChI=1S/C24H32N8O/c1-19-5-7-20(8-6-19)22-30-21(18-33-22)17-29-23(25-2)26-11-4-12-31-13-15-32(16-14-31)24-27-9-3-10-28-24/h3,5-10,18H,4,11-17H2,1-2H3,(H2,25,26,29). The van der Waals surface area contributed by atoms with E-state index in [1.54, 1.807) is 25.7 Å². The minimum absolute atomic E-state index is 0.554. The molecule has 0 radical (unpaired) electrons. The van der Waals surface area contributed by atoms with Gasteiger partial charge in [-0.15, -0.1) is 0 Å². The van der Waals surface area contributed by atoms with Crippen LogP contribution < -0.4 is 15.5 Å². The van der Waals surface area contributed by atoms with Crippen molar-refractivity contribution in [2.45, 2.75) is 19.9 Å². The van der Waals surface area contributed by atoms with Crippen LogP contribution >= 0.6 is 0 Å². The number of guanidine groups is 1. The lowest BCUT2D eigenvalue weighted by Gasteiger charge is -2.34. The highest BCUT2D eigenvalue weighted by atomic mass is 16.3. The van der Waals surface area contributed by atoms with E-state index in [2.05, 4.69) is 59.4 Å². The molecule has 1 aromatic carbocycles. The van der Waals surface area contributed by atoms with E-state index < -0.39 is 0 Å². The molecule has 1 fully saturated rings. The number of aryl methyl sites for hydroxylation is 1. The SMILES string of the molecule is CN=C(NCCCN1CCN(c2ncccn2)CC1)NCc1coc(-c2ccc(C)cc2)n1. The van der Waals surface area contributed by atoms with Crippen LogP contribution in [0.5, 0.6) is 0 Å². The Balaban J connectivity index is 1.13. The molecule has 0 aliphatic carbocycles. The Morgan fingerprint density at radius 1 is 1.06 bits per heavy atom. The molecule has 1 aliphatic rings. The summed E-state index contributed by atoms with van der Waals surface area (Å²) in [5.41, 5.74) is 3.03. The third-order valence-corrected chi connectivity index (χ3v) is 5.66. The predicted molar refractivity (Wildman–Crippen MR) is 130 cm³/mol. The number of piperazine rings is 1. The maximum atomic E-state index is 5.63. The quantitative estimate of drug-likeness (QED) is 0.308. The summed E-state index contributed by atoms with van der Waals surface area (Å²) in [7, 11) is 1.78. The van der Waals surface area contributed by atoms with Crippen molar-refractivity contribution in [3.63, 3.8) is 0 Å². The first-order valence-electron chi connectivity index (χ1n) is 11.4. The highest BCUT2D eigenvalue weighted by molar-refractivity contribution is 5.79. The van der Waals surface area contributed by atoms with Crippen LogP contribution in [0.4, 0.5) is 5.95 Å². The summed E-state index contributed by atoms with van der Waals surface area (Å²) in [6, 6.07) is 10.0. The second-order valence-corrected chi connectivity index (χ2v) is 8.09. The van der Waals surface area contributed by atoms with Gasteiger partial charge in [0, 0.05) is 57.7 Å². The van der Waals surface area contributed by atoms with Crippen LogP contribution in [-0.4, -0.2) is 72.1 Å². The fraction of sp³-hybridized carbons (Fsp3) is 0.417. The fourth-order valence-electron chi connectivity index (χ4n) is 3.75. The van der Waals surface area contributed by atoms with Crippen molar-refractivity contribution in [3.8, 4) is 11.5 Å². The van der Waals surface area contributed by atoms with Crippen molar-refractivity contribution in [3.05, 3.63) is 60.2 Å². The van der Waals surface area contributed by atoms with Gasteiger partial charge >= 0.3 is 0 Å². The molecule has 4 rings (SSSR count). The summed E-state index contributed by atoms with van der Waals surface area (Å²) in [5.74, 6) is 2.22. The van der Waals surface area contributed by atoms with Gasteiger partial charge in [-0.2, -0.15) is 0 Å². The molecule has 2 N–H and O–H groups in total. The lowest BCUT2D eigenvalue weighted by atomic mass is 10.1. The molecule has 0 unspecified atom stereocenters. The van der Waals surface area contributed by atoms with Gasteiger partial charge in [-0.3, -0.25) is 9.89 Å². The third kappa shape index (κ3) is 6.52. The van der Waals surface area contributed by atoms with E-state index in [-0.39, 0.29) is 0 Å². The number of hydrogen-bond acceptors (Lipinski definition) is 7. The zero-order chi connectivity index (χ0) is 22.9. The van der Waals surface area contributed by atoms with Crippen LogP contribution in [0.25, 0.3) is 11.5 Å². The molecule has 3 aromatic rings. The molecular formula is C24H32N8O. The maximum Gasteiger partial charge on any atom is 0.226 e. The van der Waals surface area contributed by atoms with E-state index in [0.717, 1.165) is 68.9 Å². The van der Waals surface area contributed by atoms with Crippen LogP contribution in [0.1, 0.15) is 17.7 Å². The highest BCUT2D eigenvalue weighted by Crippen LogP contribution is 2.19. The second kappa shape index (κ2) is 11.4. The van der Waals surface area contributed by atoms with E-state index in [4.69, 9.17) is 4.42 Å². The Hall–Kier alpha value is -3.46. The lowest BCUT2D eigenvalue weighted by molar-refractivity contribution is 0.254. The molecule has 0 amide bonds. The van der Waals surface area contributed by atoms with Crippen molar-refractivity contribution in [1.29, 1.82) is 0 Å². The summed E-state index contributed by atoms with van der Waals surface area (Å²) in [6.07, 6.45) is 6.33. The summed E-state index contributed by atoms with van der Waals surface area (Å²) >= 11 is 0. The first kappa shape index (κ1) is 22.7. The van der Waals surface area contributed by atoms with Gasteiger partial charge in [0.1, 0.15) is 6.26 Å². The van der Waals surface area contributed by atoms with E-state index >= 15 is 0 Å². The largest absolute Gasteiger partial charge is 0.444 e. The predicted octanol–water partition coefficient (Wildman–Crippen LogP) is 2.32. The molecule has 1 aliphatic heterocycles. The van der Waals surface area contributed by atoms with Gasteiger partial charge in [0.15, 0.2) is 5.96 Å². The Morgan fingerprint density at radius 2 is 1.82 bits per heavy atom. The van der Waals surface area contributed by atoms with E-state index in [0.29, 0.717) is 12.4 Å². The number of nitrogens with one attached hydrogen (secondary N) is 2. The van der Waals surface area contributed by atoms with Gasteiger partial charge in [0.05, 0.1) is 12.2 Å². The molecule has 3 heterocycles. The topological polar surface area (TPSA) is 94.7 Å². The summed E-state index contributed by atoms with van der Waals surface area (Å²) < 4.78 is 5.63. The smallest absolute Gasteiger partial charge is 0.226 e. The molecule has 1 saturated heterocycles. The van der Waals surface area contributed by atoms with E-state index in [1.165, 1.54) is 5.56 Å². The highest BCUT2D eigenvalue weighted by Gasteiger charge is 2.18. The molecule has 174 valence electrons. The van der Waals surface area contributed by atoms with Crippen LogP contribution in [0, 0.1) is 6.92 Å². The number of oxazole rings is 1. The van der Waals surface area contributed by atoms with Gasteiger partial charge in [-0.1, -0.05) is 17.7 Å². The van der Waals surface area contributed by atoms with Crippen molar-refractivity contribution in [1.82, 2.24) is 30.5 Å². The van der Waals surface area contributed by atoms with Crippen molar-refractivity contribution < 1.29 is 4.42 Å². The molecule has 0 spiro atoms. The van der Waals surface area contributed by atoms with Crippen LogP contribution in [0.15, 0.2) is 58.4 Å². The Morgan fingerprint density at radius 3 is 2.55 bits per heavy atom. The first-order valence-corrected chi connectivity index (χ1v) is 11.4. The van der Waals surface area contributed by atoms with E-state index in [9.17, 15) is 0 Å². The molecule has 33 heavy (non-hydrogen) atoms. The average Bonchev–Trinajstić information content (AvgIpc) is 3.34. The number of benzene rings is 1. The van der Waals surface area contributed by atoms with E-state index in [1.807, 2.05) is 18.2 Å². The minimum atomic E-state index is 0.554. The molecule has 9 nitrogen and oxygen atoms in total. The Bertz CT molecular complexity index is 1010. The number of rotatable bonds is 8. The van der Waals surface area contributed by atoms with Crippen LogP contribution in [0.2, 0.25) is 0 Å². The van der Waals surface area contributed by atoms with Gasteiger partial charge < -0.3 is 20.0 Å². The fourth-order valence-corrected chi connectivity index (χ4v) is 3.75. The Kier molecular flexibility index (Phi) is 7.86. The summed E-state index contributed by atoms with van der Waals surface area (Å²) in [5, 5.41) is 6.69. The first-order chi connectivity index (χ1) is 16.2. The van der Waals surface area contributed by atoms with Crippen molar-refractivity contribution in [2.24, 2.45) is 4.99 Å². The molecule has 2 aromatic heterocycles. The van der Waals surface area contributed by atoms with Gasteiger partial charge in [0.25, 0.3) is 0 Å². The van der Waals surface area contributed by atoms with Gasteiger partial charge in [-0.05, 0) is 38.1 Å². The zero-order valence-electron chi connectivity index (χ0n) is 19.4. The Labute approximate surface area is 195 Å². The van der Waals surface area contributed by atoms with Crippen molar-refractivity contribution in [2.75, 3.05) is 51.2 Å². The lowest BCUT2D eigenvalue weighted by Crippen LogP contribution is -2.47. The van der Waals surface area contributed by atoms with Crippen LogP contribution in [-0.2, 0) is 6.54 Å².